The third-order valence-electron chi connectivity index (χ3n) is 7.13. The molecule has 4 nitrogen and oxygen atoms in total. The van der Waals surface area contributed by atoms with Gasteiger partial charge in [-0.3, -0.25) is 9.80 Å². The highest BCUT2D eigenvalue weighted by atomic mass is 16.3. The number of rotatable bonds is 2. The quantitative estimate of drug-likeness (QED) is 0.704. The lowest BCUT2D eigenvalue weighted by Gasteiger charge is -2.62. The predicted octanol–water partition coefficient (Wildman–Crippen LogP) is -0.156. The molecule has 4 aliphatic heterocycles. The van der Waals surface area contributed by atoms with Crippen LogP contribution in [-0.4, -0.2) is 42.0 Å². The lowest BCUT2D eigenvalue weighted by molar-refractivity contribution is -1.19. The van der Waals surface area contributed by atoms with E-state index in [-0.39, 0.29) is 16.9 Å². The molecule has 1 aromatic carbocycles. The van der Waals surface area contributed by atoms with Crippen molar-refractivity contribution in [2.24, 2.45) is 10.8 Å². The SMILES string of the molecule is CCn1cc(C2[NH+]3CC4(C)C[NH+]2CC(C)(C3)C4O)c2ccccc21. The van der Waals surface area contributed by atoms with E-state index in [0.29, 0.717) is 6.17 Å². The highest BCUT2D eigenvalue weighted by molar-refractivity contribution is 5.84. The number of hydrogen-bond acceptors (Lipinski definition) is 1. The van der Waals surface area contributed by atoms with Crippen LogP contribution in [0.3, 0.4) is 0 Å². The molecule has 2 aromatic rings. The number of aryl methyl sites for hydroxylation is 1. The molecule has 6 rings (SSSR count). The average molecular weight is 327 g/mol. The van der Waals surface area contributed by atoms with Crippen LogP contribution in [-0.2, 0) is 6.54 Å². The molecule has 4 fully saturated rings. The summed E-state index contributed by atoms with van der Waals surface area (Å²) in [5.41, 5.74) is 3.03. The van der Waals surface area contributed by atoms with Crippen LogP contribution in [0.2, 0.25) is 0 Å². The summed E-state index contributed by atoms with van der Waals surface area (Å²) >= 11 is 0. The van der Waals surface area contributed by atoms with Gasteiger partial charge in [-0.15, -0.1) is 0 Å². The molecule has 0 aliphatic carbocycles. The van der Waals surface area contributed by atoms with Crippen molar-refractivity contribution >= 4 is 10.9 Å². The molecule has 4 heteroatoms. The first kappa shape index (κ1) is 14.9. The Balaban J connectivity index is 1.63. The molecule has 0 spiro atoms. The van der Waals surface area contributed by atoms with Crippen molar-refractivity contribution in [3.05, 3.63) is 36.0 Å². The number of nitrogens with one attached hydrogen (secondary N) is 2. The van der Waals surface area contributed by atoms with Crippen molar-refractivity contribution in [1.29, 1.82) is 0 Å². The van der Waals surface area contributed by atoms with Gasteiger partial charge in [-0.1, -0.05) is 18.2 Å². The Bertz CT molecular complexity index is 772. The molecule has 128 valence electrons. The molecule has 0 radical (unpaired) electrons. The van der Waals surface area contributed by atoms with Gasteiger partial charge < -0.3 is 9.67 Å². The molecule has 0 amide bonds. The third kappa shape index (κ3) is 1.74. The summed E-state index contributed by atoms with van der Waals surface area (Å²) in [4.78, 5) is 3.36. The summed E-state index contributed by atoms with van der Waals surface area (Å²) in [6, 6.07) is 8.86. The predicted molar refractivity (Wildman–Crippen MR) is 94.0 cm³/mol. The molecule has 0 atom stereocenters. The highest BCUT2D eigenvalue weighted by Crippen LogP contribution is 2.40. The Hall–Kier alpha value is -1.36. The lowest BCUT2D eigenvalue weighted by atomic mass is 9.60. The first-order valence-corrected chi connectivity index (χ1v) is 9.40. The van der Waals surface area contributed by atoms with Gasteiger partial charge >= 0.3 is 0 Å². The van der Waals surface area contributed by atoms with E-state index >= 15 is 0 Å². The first-order valence-electron chi connectivity index (χ1n) is 9.40. The fourth-order valence-corrected chi connectivity index (χ4v) is 6.46. The molecule has 4 saturated heterocycles. The van der Waals surface area contributed by atoms with Crippen LogP contribution < -0.4 is 9.80 Å². The Labute approximate surface area is 143 Å². The average Bonchev–Trinajstić information content (AvgIpc) is 2.90. The Kier molecular flexibility index (Phi) is 2.88. The Morgan fingerprint density at radius 1 is 1.08 bits per heavy atom. The number of fused-ring (bicyclic) bond motifs is 1. The van der Waals surface area contributed by atoms with Crippen molar-refractivity contribution in [3.63, 3.8) is 0 Å². The second-order valence-corrected chi connectivity index (χ2v) is 9.05. The fourth-order valence-electron chi connectivity index (χ4n) is 6.46. The molecule has 0 unspecified atom stereocenters. The monoisotopic (exact) mass is 327 g/mol. The summed E-state index contributed by atoms with van der Waals surface area (Å²) in [7, 11) is 0. The molecule has 4 bridgehead atoms. The number of piperidine rings is 2. The zero-order valence-corrected chi connectivity index (χ0v) is 15.0. The maximum absolute atomic E-state index is 10.9. The largest absolute Gasteiger partial charge is 0.391 e. The van der Waals surface area contributed by atoms with Crippen LogP contribution in [0.5, 0.6) is 0 Å². The normalized spacial score (nSPS) is 43.7. The van der Waals surface area contributed by atoms with E-state index in [0.717, 1.165) is 32.7 Å². The van der Waals surface area contributed by atoms with Gasteiger partial charge in [0.25, 0.3) is 0 Å². The zero-order chi connectivity index (χ0) is 16.7. The molecule has 24 heavy (non-hydrogen) atoms. The second kappa shape index (κ2) is 4.63. The van der Waals surface area contributed by atoms with Crippen LogP contribution in [0.25, 0.3) is 10.9 Å². The maximum Gasteiger partial charge on any atom is 0.242 e. The fraction of sp³-hybridized carbons (Fsp3) is 0.600. The van der Waals surface area contributed by atoms with Gasteiger partial charge in [0, 0.05) is 23.6 Å². The van der Waals surface area contributed by atoms with Gasteiger partial charge in [-0.25, -0.2) is 0 Å². The van der Waals surface area contributed by atoms with E-state index in [1.165, 1.54) is 16.5 Å². The third-order valence-corrected chi connectivity index (χ3v) is 7.13. The minimum atomic E-state index is -0.143. The summed E-state index contributed by atoms with van der Waals surface area (Å²) in [5, 5.41) is 12.3. The van der Waals surface area contributed by atoms with Crippen LogP contribution in [0.1, 0.15) is 32.5 Å². The van der Waals surface area contributed by atoms with Gasteiger partial charge in [-0.2, -0.15) is 0 Å². The van der Waals surface area contributed by atoms with Gasteiger partial charge in [0.2, 0.25) is 6.17 Å². The lowest BCUT2D eigenvalue weighted by Crippen LogP contribution is -3.41. The second-order valence-electron chi connectivity index (χ2n) is 9.05. The molecule has 5 heterocycles. The van der Waals surface area contributed by atoms with Gasteiger partial charge in [0.15, 0.2) is 0 Å². The van der Waals surface area contributed by atoms with E-state index < -0.39 is 0 Å². The van der Waals surface area contributed by atoms with Crippen molar-refractivity contribution < 1.29 is 14.9 Å². The number of aliphatic hydroxyl groups is 1. The van der Waals surface area contributed by atoms with Crippen molar-refractivity contribution in [2.75, 3.05) is 26.2 Å². The number of nitrogens with zero attached hydrogens (tertiary/aromatic N) is 1. The smallest absolute Gasteiger partial charge is 0.242 e. The standard InChI is InChI=1S/C20H27N3O/c1-4-21-9-15(14-7-5-6-8-16(14)21)17-22-10-19(2)11-23(17)13-20(3,12-22)18(19)24/h5-9,17-18,24H,4,10-13H2,1-3H3/p+2. The van der Waals surface area contributed by atoms with Gasteiger partial charge in [-0.05, 0) is 26.8 Å². The minimum absolute atomic E-state index is 0.0789. The molecular weight excluding hydrogens is 298 g/mol. The minimum Gasteiger partial charge on any atom is -0.391 e. The number of quaternary nitrogens is 2. The highest BCUT2D eigenvalue weighted by Gasteiger charge is 2.68. The van der Waals surface area contributed by atoms with Crippen LogP contribution in [0, 0.1) is 10.8 Å². The van der Waals surface area contributed by atoms with Crippen LogP contribution in [0.15, 0.2) is 30.5 Å². The summed E-state index contributed by atoms with van der Waals surface area (Å²) in [5.74, 6) is 0. The molecule has 4 aliphatic rings. The number of aromatic nitrogens is 1. The number of para-hydroxylation sites is 1. The molecule has 3 N–H and O–H groups in total. The van der Waals surface area contributed by atoms with E-state index in [1.807, 2.05) is 0 Å². The van der Waals surface area contributed by atoms with Crippen molar-refractivity contribution in [3.8, 4) is 0 Å². The van der Waals surface area contributed by atoms with E-state index in [2.05, 4.69) is 55.8 Å². The first-order chi connectivity index (χ1) is 11.5. The molecule has 0 saturated carbocycles. The number of benzene rings is 1. The van der Waals surface area contributed by atoms with Gasteiger partial charge in [0.05, 0.1) is 48.7 Å². The van der Waals surface area contributed by atoms with E-state index in [1.54, 1.807) is 9.80 Å². The number of hydrogen-bond donors (Lipinski definition) is 3. The van der Waals surface area contributed by atoms with E-state index in [4.69, 9.17) is 0 Å². The summed E-state index contributed by atoms with van der Waals surface area (Å²) in [6.45, 7) is 12.3. The number of aliphatic hydroxyl groups excluding tert-OH is 1. The Morgan fingerprint density at radius 2 is 1.67 bits per heavy atom. The van der Waals surface area contributed by atoms with Crippen LogP contribution >= 0.6 is 0 Å². The van der Waals surface area contributed by atoms with Crippen LogP contribution in [0.4, 0.5) is 0 Å². The molecule has 1 aromatic heterocycles. The maximum atomic E-state index is 10.9. The summed E-state index contributed by atoms with van der Waals surface area (Å²) < 4.78 is 2.40. The topological polar surface area (TPSA) is 34.0 Å². The van der Waals surface area contributed by atoms with Crippen molar-refractivity contribution in [1.82, 2.24) is 4.57 Å². The van der Waals surface area contributed by atoms with Crippen molar-refractivity contribution in [2.45, 2.75) is 39.6 Å². The molecular formula is C20H29N3O+2. The van der Waals surface area contributed by atoms with Gasteiger partial charge in [0.1, 0.15) is 0 Å². The Morgan fingerprint density at radius 3 is 2.25 bits per heavy atom. The zero-order valence-electron chi connectivity index (χ0n) is 15.0. The summed E-state index contributed by atoms with van der Waals surface area (Å²) in [6.07, 6.45) is 2.78. The van der Waals surface area contributed by atoms with E-state index in [9.17, 15) is 5.11 Å².